The third-order valence-corrected chi connectivity index (χ3v) is 1.87. The van der Waals surface area contributed by atoms with Crippen LogP contribution < -0.4 is 5.73 Å². The number of nitrogens with two attached hydrogens (primary N) is 1. The maximum absolute atomic E-state index is 5.59. The highest BCUT2D eigenvalue weighted by Crippen LogP contribution is 2.27. The van der Waals surface area contributed by atoms with Crippen LogP contribution in [0.25, 0.3) is 0 Å². The minimum absolute atomic E-state index is 0.00400. The Labute approximate surface area is 72.9 Å². The monoisotopic (exact) mass is 168 g/mol. The van der Waals surface area contributed by atoms with Gasteiger partial charge in [0.15, 0.2) is 0 Å². The van der Waals surface area contributed by atoms with Crippen LogP contribution in [0.3, 0.4) is 0 Å². The molecule has 1 aromatic heterocycles. The van der Waals surface area contributed by atoms with Gasteiger partial charge >= 0.3 is 0 Å². The van der Waals surface area contributed by atoms with Gasteiger partial charge in [0.05, 0.1) is 5.69 Å². The first-order valence-corrected chi connectivity index (χ1v) is 4.12. The first kappa shape index (κ1) is 9.26. The van der Waals surface area contributed by atoms with Crippen molar-refractivity contribution in [1.29, 1.82) is 0 Å². The molecule has 0 aromatic carbocycles. The molecule has 0 saturated heterocycles. The van der Waals surface area contributed by atoms with Gasteiger partial charge < -0.3 is 10.3 Å². The highest BCUT2D eigenvalue weighted by Gasteiger charge is 2.24. The highest BCUT2D eigenvalue weighted by atomic mass is 16.5. The van der Waals surface area contributed by atoms with Gasteiger partial charge in [0.1, 0.15) is 5.76 Å². The molecule has 1 rings (SSSR count). The van der Waals surface area contributed by atoms with E-state index in [1.54, 1.807) is 0 Å². The highest BCUT2D eigenvalue weighted by molar-refractivity contribution is 5.26. The fraction of sp³-hybridized carbons (Fsp3) is 0.667. The maximum Gasteiger partial charge on any atom is 0.146 e. The number of hydrogen-bond donors (Lipinski definition) is 1. The molecule has 3 nitrogen and oxygen atoms in total. The van der Waals surface area contributed by atoms with Crippen molar-refractivity contribution in [2.75, 3.05) is 0 Å². The van der Waals surface area contributed by atoms with E-state index in [-0.39, 0.29) is 5.41 Å². The molecule has 1 aromatic rings. The summed E-state index contributed by atoms with van der Waals surface area (Å²) in [7, 11) is 0. The molecule has 1 heterocycles. The van der Waals surface area contributed by atoms with Crippen LogP contribution in [0.5, 0.6) is 0 Å². The lowest BCUT2D eigenvalue weighted by molar-refractivity contribution is 0.325. The smallest absolute Gasteiger partial charge is 0.146 e. The average molecular weight is 168 g/mol. The maximum atomic E-state index is 5.59. The summed E-state index contributed by atoms with van der Waals surface area (Å²) in [6, 6.07) is 0. The molecular weight excluding hydrogens is 152 g/mol. The van der Waals surface area contributed by atoms with Gasteiger partial charge in [-0.1, -0.05) is 25.9 Å². The number of hydrogen-bond acceptors (Lipinski definition) is 3. The van der Waals surface area contributed by atoms with E-state index in [0.29, 0.717) is 6.54 Å². The van der Waals surface area contributed by atoms with Crippen LogP contribution in [-0.2, 0) is 12.0 Å². The standard InChI is InChI=1S/C9H16N2O/c1-6-7(5-10)8(12-11-6)9(2,3)4/h5,10H2,1-4H3. The van der Waals surface area contributed by atoms with Crippen LogP contribution in [0.2, 0.25) is 0 Å². The van der Waals surface area contributed by atoms with Gasteiger partial charge in [-0.2, -0.15) is 0 Å². The topological polar surface area (TPSA) is 52.0 Å². The minimum atomic E-state index is -0.00400. The van der Waals surface area contributed by atoms with E-state index in [0.717, 1.165) is 17.0 Å². The molecule has 0 amide bonds. The van der Waals surface area contributed by atoms with Crippen molar-refractivity contribution in [2.45, 2.75) is 39.7 Å². The quantitative estimate of drug-likeness (QED) is 0.695. The molecule has 12 heavy (non-hydrogen) atoms. The van der Waals surface area contributed by atoms with Crippen molar-refractivity contribution < 1.29 is 4.52 Å². The van der Waals surface area contributed by atoms with E-state index < -0.39 is 0 Å². The zero-order valence-electron chi connectivity index (χ0n) is 8.14. The van der Waals surface area contributed by atoms with Gasteiger partial charge in [0, 0.05) is 17.5 Å². The molecule has 68 valence electrons. The van der Waals surface area contributed by atoms with Crippen molar-refractivity contribution in [3.05, 3.63) is 17.0 Å². The molecule has 0 fully saturated rings. The molecule has 0 bridgehead atoms. The summed E-state index contributed by atoms with van der Waals surface area (Å²) in [6.07, 6.45) is 0. The summed E-state index contributed by atoms with van der Waals surface area (Å²) in [5.74, 6) is 0.905. The summed E-state index contributed by atoms with van der Waals surface area (Å²) in [4.78, 5) is 0. The molecule has 3 heteroatoms. The van der Waals surface area contributed by atoms with E-state index in [1.165, 1.54) is 0 Å². The van der Waals surface area contributed by atoms with Crippen LogP contribution in [0.4, 0.5) is 0 Å². The predicted molar refractivity (Wildman–Crippen MR) is 47.8 cm³/mol. The largest absolute Gasteiger partial charge is 0.360 e. The second-order valence-electron chi connectivity index (χ2n) is 4.03. The van der Waals surface area contributed by atoms with Gasteiger partial charge in [-0.3, -0.25) is 0 Å². The molecular formula is C9H16N2O. The van der Waals surface area contributed by atoms with E-state index in [9.17, 15) is 0 Å². The van der Waals surface area contributed by atoms with Crippen molar-refractivity contribution in [2.24, 2.45) is 5.73 Å². The van der Waals surface area contributed by atoms with E-state index >= 15 is 0 Å². The molecule has 0 atom stereocenters. The Morgan fingerprint density at radius 3 is 2.33 bits per heavy atom. The lowest BCUT2D eigenvalue weighted by atomic mass is 9.90. The molecule has 0 saturated carbocycles. The second-order valence-corrected chi connectivity index (χ2v) is 4.03. The van der Waals surface area contributed by atoms with Gasteiger partial charge in [-0.25, -0.2) is 0 Å². The van der Waals surface area contributed by atoms with Crippen molar-refractivity contribution in [3.63, 3.8) is 0 Å². The third-order valence-electron chi connectivity index (χ3n) is 1.87. The number of aryl methyl sites for hydroxylation is 1. The van der Waals surface area contributed by atoms with E-state index in [4.69, 9.17) is 10.3 Å². The molecule has 0 unspecified atom stereocenters. The Balaban J connectivity index is 3.16. The Morgan fingerprint density at radius 1 is 1.42 bits per heavy atom. The van der Waals surface area contributed by atoms with Gasteiger partial charge in [-0.05, 0) is 6.92 Å². The van der Waals surface area contributed by atoms with Crippen molar-refractivity contribution >= 4 is 0 Å². The molecule has 0 spiro atoms. The normalized spacial score (nSPS) is 12.1. The van der Waals surface area contributed by atoms with Crippen molar-refractivity contribution in [1.82, 2.24) is 5.16 Å². The zero-order valence-corrected chi connectivity index (χ0v) is 8.14. The Morgan fingerprint density at radius 2 is 2.00 bits per heavy atom. The zero-order chi connectivity index (χ0) is 9.35. The average Bonchev–Trinajstić information content (AvgIpc) is 2.29. The Bertz CT molecular complexity index is 271. The SMILES string of the molecule is Cc1noc(C(C)(C)C)c1CN. The summed E-state index contributed by atoms with van der Waals surface area (Å²) in [5, 5.41) is 3.90. The lowest BCUT2D eigenvalue weighted by Gasteiger charge is -2.15. The fourth-order valence-corrected chi connectivity index (χ4v) is 1.22. The van der Waals surface area contributed by atoms with Crippen LogP contribution in [0.15, 0.2) is 4.52 Å². The first-order chi connectivity index (χ1) is 5.46. The number of aromatic nitrogens is 1. The summed E-state index contributed by atoms with van der Waals surface area (Å²) in [5.41, 5.74) is 7.54. The summed E-state index contributed by atoms with van der Waals surface area (Å²) >= 11 is 0. The Hall–Kier alpha value is -0.830. The molecule has 0 aliphatic heterocycles. The van der Waals surface area contributed by atoms with Crippen LogP contribution in [0.1, 0.15) is 37.8 Å². The summed E-state index contributed by atoms with van der Waals surface area (Å²) in [6.45, 7) is 8.69. The van der Waals surface area contributed by atoms with E-state index in [2.05, 4.69) is 25.9 Å². The van der Waals surface area contributed by atoms with Gasteiger partial charge in [-0.15, -0.1) is 0 Å². The van der Waals surface area contributed by atoms with Gasteiger partial charge in [0.2, 0.25) is 0 Å². The van der Waals surface area contributed by atoms with Crippen LogP contribution in [0, 0.1) is 6.92 Å². The fourth-order valence-electron chi connectivity index (χ4n) is 1.22. The Kier molecular flexibility index (Phi) is 2.24. The second kappa shape index (κ2) is 2.90. The summed E-state index contributed by atoms with van der Waals surface area (Å²) < 4.78 is 5.22. The van der Waals surface area contributed by atoms with Gasteiger partial charge in [0.25, 0.3) is 0 Å². The van der Waals surface area contributed by atoms with Crippen LogP contribution in [-0.4, -0.2) is 5.16 Å². The van der Waals surface area contributed by atoms with E-state index in [1.807, 2.05) is 6.92 Å². The molecule has 0 aliphatic carbocycles. The minimum Gasteiger partial charge on any atom is -0.360 e. The predicted octanol–water partition coefficient (Wildman–Crippen LogP) is 1.74. The van der Waals surface area contributed by atoms with Crippen LogP contribution >= 0.6 is 0 Å². The lowest BCUT2D eigenvalue weighted by Crippen LogP contribution is -2.14. The first-order valence-electron chi connectivity index (χ1n) is 4.12. The molecule has 2 N–H and O–H groups in total. The number of nitrogens with zero attached hydrogens (tertiary/aromatic N) is 1. The number of rotatable bonds is 1. The molecule has 0 radical (unpaired) electrons. The van der Waals surface area contributed by atoms with Crippen molar-refractivity contribution in [3.8, 4) is 0 Å². The molecule has 0 aliphatic rings. The third kappa shape index (κ3) is 1.50.